The molecule has 0 radical (unpaired) electrons. The van der Waals surface area contributed by atoms with Crippen molar-refractivity contribution in [3.63, 3.8) is 0 Å². The van der Waals surface area contributed by atoms with E-state index >= 15 is 0 Å². The molecule has 42 heavy (non-hydrogen) atoms. The Hall–Kier alpha value is -2.39. The number of hydrogen-bond donors (Lipinski definition) is 0. The van der Waals surface area contributed by atoms with E-state index in [1.165, 1.54) is 29.5 Å². The van der Waals surface area contributed by atoms with Gasteiger partial charge in [-0.2, -0.15) is 0 Å². The fourth-order valence-corrected chi connectivity index (χ4v) is 8.23. The Morgan fingerprint density at radius 3 is 1.29 bits per heavy atom. The van der Waals surface area contributed by atoms with Crippen molar-refractivity contribution in [2.24, 2.45) is 17.8 Å². The first kappa shape index (κ1) is 34.1. The first-order chi connectivity index (χ1) is 19.4. The van der Waals surface area contributed by atoms with Crippen LogP contribution in [-0.4, -0.2) is 8.42 Å². The Balaban J connectivity index is 1.93. The molecule has 0 fully saturated rings. The molecule has 3 aromatic rings. The summed E-state index contributed by atoms with van der Waals surface area (Å²) < 4.78 is 28.7. The quantitative estimate of drug-likeness (QED) is 0.223. The van der Waals surface area contributed by atoms with Crippen molar-refractivity contribution in [1.29, 1.82) is 0 Å². The predicted molar refractivity (Wildman–Crippen MR) is 181 cm³/mol. The molecule has 0 saturated heterocycles. The molecule has 3 rings (SSSR count). The highest BCUT2D eigenvalue weighted by Crippen LogP contribution is 2.38. The molecule has 0 aromatic heterocycles. The summed E-state index contributed by atoms with van der Waals surface area (Å²) in [4.78, 5) is 0.377. The number of benzene rings is 3. The van der Waals surface area contributed by atoms with Crippen LogP contribution < -0.4 is 0 Å². The third-order valence-electron chi connectivity index (χ3n) is 8.68. The first-order valence-electron chi connectivity index (χ1n) is 15.9. The largest absolute Gasteiger partial charge is 0.223 e. The van der Waals surface area contributed by atoms with Crippen molar-refractivity contribution >= 4 is 9.84 Å². The summed E-state index contributed by atoms with van der Waals surface area (Å²) in [6.45, 7) is 24.6. The third kappa shape index (κ3) is 8.82. The van der Waals surface area contributed by atoms with E-state index < -0.39 is 15.1 Å². The van der Waals surface area contributed by atoms with Crippen molar-refractivity contribution in [3.05, 3.63) is 101 Å². The number of hydrogen-bond acceptors (Lipinski definition) is 2. The molecule has 0 heterocycles. The maximum atomic E-state index is 14.4. The summed E-state index contributed by atoms with van der Waals surface area (Å²) in [5.41, 5.74) is 5.18. The second-order valence-electron chi connectivity index (χ2n) is 15.5. The Kier molecular flexibility index (Phi) is 11.0. The Morgan fingerprint density at radius 2 is 0.905 bits per heavy atom. The van der Waals surface area contributed by atoms with Crippen molar-refractivity contribution in [2.45, 2.75) is 122 Å². The molecule has 0 saturated carbocycles. The van der Waals surface area contributed by atoms with Crippen molar-refractivity contribution in [3.8, 4) is 0 Å². The van der Waals surface area contributed by atoms with E-state index in [2.05, 4.69) is 100 Å². The lowest BCUT2D eigenvalue weighted by Gasteiger charge is -2.24. The summed E-state index contributed by atoms with van der Waals surface area (Å²) in [5.74, 6) is 2.48. The van der Waals surface area contributed by atoms with Gasteiger partial charge in [0.25, 0.3) is 0 Å². The van der Waals surface area contributed by atoms with Crippen LogP contribution in [0.5, 0.6) is 0 Å². The molecule has 0 aliphatic carbocycles. The van der Waals surface area contributed by atoms with E-state index in [1.807, 2.05) is 48.5 Å². The summed E-state index contributed by atoms with van der Waals surface area (Å²) in [6.07, 6.45) is 3.61. The third-order valence-corrected chi connectivity index (χ3v) is 10.8. The zero-order valence-corrected chi connectivity index (χ0v) is 29.0. The van der Waals surface area contributed by atoms with Crippen LogP contribution >= 0.6 is 0 Å². The summed E-state index contributed by atoms with van der Waals surface area (Å²) in [6, 6.07) is 24.0. The monoisotopic (exact) mass is 588 g/mol. The van der Waals surface area contributed by atoms with Crippen LogP contribution in [0.15, 0.2) is 77.7 Å². The van der Waals surface area contributed by atoms with E-state index in [0.29, 0.717) is 16.7 Å². The van der Waals surface area contributed by atoms with Gasteiger partial charge < -0.3 is 0 Å². The van der Waals surface area contributed by atoms with Crippen LogP contribution in [-0.2, 0) is 20.7 Å². The zero-order chi connectivity index (χ0) is 31.5. The number of rotatable bonds is 11. The van der Waals surface area contributed by atoms with E-state index in [9.17, 15) is 8.42 Å². The maximum Gasteiger partial charge on any atom is 0.189 e. The van der Waals surface area contributed by atoms with Gasteiger partial charge in [0.15, 0.2) is 9.84 Å². The highest BCUT2D eigenvalue weighted by molar-refractivity contribution is 7.91. The molecule has 0 bridgehead atoms. The van der Waals surface area contributed by atoms with E-state index in [1.54, 1.807) is 0 Å². The molecule has 0 aliphatic rings. The average Bonchev–Trinajstić information content (AvgIpc) is 2.87. The Morgan fingerprint density at radius 1 is 0.524 bits per heavy atom. The molecular weight excluding hydrogens is 532 g/mol. The molecule has 3 heteroatoms. The average molecular weight is 589 g/mol. The van der Waals surface area contributed by atoms with Gasteiger partial charge in [-0.3, -0.25) is 0 Å². The predicted octanol–water partition coefficient (Wildman–Crippen LogP) is 11.0. The number of sulfone groups is 1. The van der Waals surface area contributed by atoms with Gasteiger partial charge >= 0.3 is 0 Å². The topological polar surface area (TPSA) is 34.1 Å². The van der Waals surface area contributed by atoms with Gasteiger partial charge in [-0.15, -0.1) is 0 Å². The molecule has 0 amide bonds. The van der Waals surface area contributed by atoms with Gasteiger partial charge in [0, 0.05) is 0 Å². The van der Waals surface area contributed by atoms with Crippen LogP contribution in [0, 0.1) is 17.8 Å². The molecular formula is C39H56O2S. The second kappa shape index (κ2) is 13.5. The van der Waals surface area contributed by atoms with E-state index in [4.69, 9.17) is 0 Å². The highest BCUT2D eigenvalue weighted by Gasteiger charge is 2.32. The van der Waals surface area contributed by atoms with Gasteiger partial charge in [0.2, 0.25) is 0 Å². The van der Waals surface area contributed by atoms with Crippen molar-refractivity contribution in [1.82, 2.24) is 0 Å². The van der Waals surface area contributed by atoms with Crippen LogP contribution in [0.1, 0.15) is 134 Å². The smallest absolute Gasteiger partial charge is 0.189 e. The zero-order valence-electron chi connectivity index (χ0n) is 28.2. The molecule has 230 valence electrons. The minimum Gasteiger partial charge on any atom is -0.223 e. The van der Waals surface area contributed by atoms with Crippen LogP contribution in [0.3, 0.4) is 0 Å². The van der Waals surface area contributed by atoms with Gasteiger partial charge in [-0.1, -0.05) is 137 Å². The minimum atomic E-state index is -3.70. The van der Waals surface area contributed by atoms with Crippen molar-refractivity contribution < 1.29 is 8.42 Å². The highest BCUT2D eigenvalue weighted by atomic mass is 32.2. The molecule has 3 aromatic carbocycles. The van der Waals surface area contributed by atoms with Gasteiger partial charge in [0.05, 0.1) is 4.90 Å². The molecule has 3 unspecified atom stereocenters. The Labute approximate surface area is 258 Å². The summed E-state index contributed by atoms with van der Waals surface area (Å²) in [5, 5.41) is -0.772. The fourth-order valence-electron chi connectivity index (χ4n) is 6.41. The molecule has 2 nitrogen and oxygen atoms in total. The fraction of sp³-hybridized carbons (Fsp3) is 0.538. The SMILES string of the molecule is CC(C)CC(C)CC(C)CC(C)c1ccc(S(=O)(=O)C(c2ccc(C(C)(C)C)cc2)c2ccc(C(C)(C)C)cc2)cc1. The first-order valence-corrected chi connectivity index (χ1v) is 17.5. The Bertz CT molecular complexity index is 1310. The lowest BCUT2D eigenvalue weighted by atomic mass is 9.84. The molecule has 0 N–H and O–H groups in total. The summed E-state index contributed by atoms with van der Waals surface area (Å²) >= 11 is 0. The van der Waals surface area contributed by atoms with Gasteiger partial charge in [0.1, 0.15) is 5.25 Å². The standard InChI is InChI=1S/C39H56O2S/c1-27(2)24-28(3)25-29(4)26-30(5)31-16-22-36(23-17-31)42(40,41)37(32-12-18-34(19-13-32)38(6,7)8)33-14-20-35(21-15-33)39(9,10)11/h12-23,27-30,37H,24-26H2,1-11H3. The van der Waals surface area contributed by atoms with Crippen molar-refractivity contribution in [2.75, 3.05) is 0 Å². The van der Waals surface area contributed by atoms with Gasteiger partial charge in [-0.05, 0) is 93.7 Å². The molecule has 3 atom stereocenters. The van der Waals surface area contributed by atoms with Gasteiger partial charge in [-0.25, -0.2) is 8.42 Å². The second-order valence-corrected chi connectivity index (χ2v) is 17.5. The lowest BCUT2D eigenvalue weighted by molar-refractivity contribution is 0.333. The summed E-state index contributed by atoms with van der Waals surface area (Å²) in [7, 11) is -3.70. The molecule has 0 aliphatic heterocycles. The minimum absolute atomic E-state index is 0.00224. The lowest BCUT2D eigenvalue weighted by Crippen LogP contribution is -2.17. The maximum absolute atomic E-state index is 14.4. The van der Waals surface area contributed by atoms with Crippen LogP contribution in [0.4, 0.5) is 0 Å². The van der Waals surface area contributed by atoms with E-state index in [-0.39, 0.29) is 10.8 Å². The van der Waals surface area contributed by atoms with Crippen LogP contribution in [0.25, 0.3) is 0 Å². The molecule has 0 spiro atoms. The van der Waals surface area contributed by atoms with Crippen LogP contribution in [0.2, 0.25) is 0 Å². The van der Waals surface area contributed by atoms with E-state index in [0.717, 1.165) is 29.4 Å². The normalized spacial score (nSPS) is 15.2.